The Morgan fingerprint density at radius 1 is 1.16 bits per heavy atom. The molecule has 3 heteroatoms. The molecule has 0 radical (unpaired) electrons. The third-order valence-corrected chi connectivity index (χ3v) is 4.31. The summed E-state index contributed by atoms with van der Waals surface area (Å²) < 4.78 is 0. The Morgan fingerprint density at radius 3 is 2.26 bits per heavy atom. The van der Waals surface area contributed by atoms with Crippen LogP contribution in [0.5, 0.6) is 0 Å². The molecule has 1 aliphatic carbocycles. The minimum absolute atomic E-state index is 0.205. The molecule has 3 nitrogen and oxygen atoms in total. The zero-order chi connectivity index (χ0) is 13.9. The van der Waals surface area contributed by atoms with Gasteiger partial charge in [-0.1, -0.05) is 30.3 Å². The first-order chi connectivity index (χ1) is 9.03. The van der Waals surface area contributed by atoms with E-state index in [2.05, 4.69) is 23.9 Å². The van der Waals surface area contributed by atoms with E-state index < -0.39 is 0 Å². The van der Waals surface area contributed by atoms with Gasteiger partial charge in [0.05, 0.1) is 6.54 Å². The van der Waals surface area contributed by atoms with E-state index >= 15 is 0 Å². The Labute approximate surface area is 116 Å². The molecule has 1 aromatic carbocycles. The maximum atomic E-state index is 12.2. The van der Waals surface area contributed by atoms with Gasteiger partial charge in [0.2, 0.25) is 0 Å². The molecule has 1 fully saturated rings. The normalized spacial score (nSPS) is 17.5. The van der Waals surface area contributed by atoms with E-state index in [4.69, 9.17) is 0 Å². The molecule has 1 saturated carbocycles. The first-order valence-corrected chi connectivity index (χ1v) is 6.98. The molecule has 0 amide bonds. The molecular formula is C16H24N2O. The van der Waals surface area contributed by atoms with Crippen LogP contribution in [0.15, 0.2) is 30.3 Å². The van der Waals surface area contributed by atoms with Gasteiger partial charge in [0.1, 0.15) is 0 Å². The number of nitrogens with zero attached hydrogens (tertiary/aromatic N) is 2. The molecule has 0 spiro atoms. The van der Waals surface area contributed by atoms with Crippen LogP contribution < -0.4 is 0 Å². The number of Topliss-reactive ketones (excluding diaryl/α,β-unsaturated/α-hetero) is 1. The monoisotopic (exact) mass is 260 g/mol. The maximum Gasteiger partial charge on any atom is 0.176 e. The predicted octanol–water partition coefficient (Wildman–Crippen LogP) is 2.29. The molecule has 104 valence electrons. The van der Waals surface area contributed by atoms with Crippen molar-refractivity contribution in [1.82, 2.24) is 9.80 Å². The molecule has 2 rings (SSSR count). The van der Waals surface area contributed by atoms with Crippen LogP contribution in [0.4, 0.5) is 0 Å². The van der Waals surface area contributed by atoms with Crippen LogP contribution in [-0.2, 0) is 0 Å². The average molecular weight is 260 g/mol. The summed E-state index contributed by atoms with van der Waals surface area (Å²) in [6.07, 6.45) is 3.78. The Balaban J connectivity index is 1.91. The molecule has 0 bridgehead atoms. The van der Waals surface area contributed by atoms with E-state index in [-0.39, 0.29) is 11.3 Å². The van der Waals surface area contributed by atoms with Crippen LogP contribution in [-0.4, -0.2) is 55.4 Å². The van der Waals surface area contributed by atoms with E-state index in [1.54, 1.807) is 0 Å². The van der Waals surface area contributed by atoms with Crippen molar-refractivity contribution >= 4 is 5.78 Å². The second-order valence-corrected chi connectivity index (χ2v) is 5.93. The largest absolute Gasteiger partial charge is 0.302 e. The van der Waals surface area contributed by atoms with Crippen LogP contribution in [0.2, 0.25) is 0 Å². The summed E-state index contributed by atoms with van der Waals surface area (Å²) in [6, 6.07) is 9.55. The van der Waals surface area contributed by atoms with E-state index in [9.17, 15) is 4.79 Å². The fraction of sp³-hybridized carbons (Fsp3) is 0.562. The van der Waals surface area contributed by atoms with Crippen molar-refractivity contribution in [2.24, 2.45) is 0 Å². The van der Waals surface area contributed by atoms with Crippen LogP contribution in [0, 0.1) is 0 Å². The van der Waals surface area contributed by atoms with Crippen molar-refractivity contribution in [3.05, 3.63) is 35.9 Å². The lowest BCUT2D eigenvalue weighted by atomic mass is 9.75. The molecule has 0 N–H and O–H groups in total. The Bertz CT molecular complexity index is 424. The first kappa shape index (κ1) is 14.2. The lowest BCUT2D eigenvalue weighted by Gasteiger charge is -2.49. The van der Waals surface area contributed by atoms with Gasteiger partial charge in [-0.05, 0) is 40.4 Å². The van der Waals surface area contributed by atoms with Crippen LogP contribution in [0.25, 0.3) is 0 Å². The van der Waals surface area contributed by atoms with E-state index in [0.717, 1.165) is 12.1 Å². The summed E-state index contributed by atoms with van der Waals surface area (Å²) in [5, 5.41) is 0. The lowest BCUT2D eigenvalue weighted by Crippen LogP contribution is -2.57. The van der Waals surface area contributed by atoms with Gasteiger partial charge in [-0.3, -0.25) is 9.69 Å². The zero-order valence-electron chi connectivity index (χ0n) is 12.2. The highest BCUT2D eigenvalue weighted by atomic mass is 16.1. The fourth-order valence-corrected chi connectivity index (χ4v) is 2.85. The smallest absolute Gasteiger partial charge is 0.176 e. The summed E-state index contributed by atoms with van der Waals surface area (Å²) >= 11 is 0. The minimum atomic E-state index is 0.205. The number of rotatable bonds is 6. The van der Waals surface area contributed by atoms with Crippen LogP contribution in [0.1, 0.15) is 29.6 Å². The van der Waals surface area contributed by atoms with E-state index in [1.807, 2.05) is 37.4 Å². The molecule has 0 aliphatic heterocycles. The number of carbonyl (C=O) groups is 1. The lowest BCUT2D eigenvalue weighted by molar-refractivity contribution is 0.0280. The fourth-order valence-electron chi connectivity index (χ4n) is 2.85. The predicted molar refractivity (Wildman–Crippen MR) is 78.5 cm³/mol. The molecule has 0 heterocycles. The van der Waals surface area contributed by atoms with Gasteiger partial charge in [0, 0.05) is 17.6 Å². The zero-order valence-corrected chi connectivity index (χ0v) is 12.2. The number of likely N-dealkylation sites (N-methyl/N-ethyl adjacent to an activating group) is 2. The number of hydrogen-bond acceptors (Lipinski definition) is 3. The van der Waals surface area contributed by atoms with Gasteiger partial charge in [-0.15, -0.1) is 0 Å². The Hall–Kier alpha value is -1.19. The summed E-state index contributed by atoms with van der Waals surface area (Å²) in [5.74, 6) is 0.205. The van der Waals surface area contributed by atoms with Gasteiger partial charge in [-0.25, -0.2) is 0 Å². The number of hydrogen-bond donors (Lipinski definition) is 0. The van der Waals surface area contributed by atoms with Gasteiger partial charge < -0.3 is 4.90 Å². The second kappa shape index (κ2) is 5.85. The highest BCUT2D eigenvalue weighted by molar-refractivity contribution is 5.97. The van der Waals surface area contributed by atoms with E-state index in [0.29, 0.717) is 6.54 Å². The van der Waals surface area contributed by atoms with Crippen molar-refractivity contribution in [1.29, 1.82) is 0 Å². The van der Waals surface area contributed by atoms with Crippen molar-refractivity contribution < 1.29 is 4.79 Å². The van der Waals surface area contributed by atoms with Crippen LogP contribution >= 0.6 is 0 Å². The van der Waals surface area contributed by atoms with Gasteiger partial charge >= 0.3 is 0 Å². The summed E-state index contributed by atoms with van der Waals surface area (Å²) in [7, 11) is 6.34. The Kier molecular flexibility index (Phi) is 4.38. The van der Waals surface area contributed by atoms with Gasteiger partial charge in [-0.2, -0.15) is 0 Å². The standard InChI is InChI=1S/C16H24N2O/c1-17(2)16(10-7-11-16)13-18(3)12-15(19)14-8-5-4-6-9-14/h4-6,8-9H,7,10-13H2,1-3H3. The minimum Gasteiger partial charge on any atom is -0.302 e. The van der Waals surface area contributed by atoms with Gasteiger partial charge in [0.15, 0.2) is 5.78 Å². The third kappa shape index (κ3) is 3.23. The van der Waals surface area contributed by atoms with Crippen molar-refractivity contribution in [2.75, 3.05) is 34.2 Å². The second-order valence-electron chi connectivity index (χ2n) is 5.93. The van der Waals surface area contributed by atoms with Crippen molar-refractivity contribution in [2.45, 2.75) is 24.8 Å². The molecule has 1 aliphatic rings. The third-order valence-electron chi connectivity index (χ3n) is 4.31. The summed E-state index contributed by atoms with van der Waals surface area (Å²) in [5.41, 5.74) is 1.09. The summed E-state index contributed by atoms with van der Waals surface area (Å²) in [6.45, 7) is 1.47. The molecule has 19 heavy (non-hydrogen) atoms. The quantitative estimate of drug-likeness (QED) is 0.733. The highest BCUT2D eigenvalue weighted by Gasteiger charge is 2.39. The summed E-state index contributed by atoms with van der Waals surface area (Å²) in [4.78, 5) is 16.6. The first-order valence-electron chi connectivity index (χ1n) is 6.98. The number of carbonyl (C=O) groups excluding carboxylic acids is 1. The SMILES string of the molecule is CN(CC(=O)c1ccccc1)CC1(N(C)C)CCC1. The Morgan fingerprint density at radius 2 is 1.79 bits per heavy atom. The molecule has 1 aromatic rings. The maximum absolute atomic E-state index is 12.2. The number of ketones is 1. The molecular weight excluding hydrogens is 236 g/mol. The molecule has 0 unspecified atom stereocenters. The molecule has 0 aromatic heterocycles. The van der Waals surface area contributed by atoms with Gasteiger partial charge in [0.25, 0.3) is 0 Å². The molecule has 0 saturated heterocycles. The molecule has 0 atom stereocenters. The van der Waals surface area contributed by atoms with E-state index in [1.165, 1.54) is 19.3 Å². The topological polar surface area (TPSA) is 23.6 Å². The average Bonchev–Trinajstić information content (AvgIpc) is 2.34. The highest BCUT2D eigenvalue weighted by Crippen LogP contribution is 2.36. The number of benzene rings is 1. The van der Waals surface area contributed by atoms with Crippen molar-refractivity contribution in [3.63, 3.8) is 0 Å². The van der Waals surface area contributed by atoms with Crippen LogP contribution in [0.3, 0.4) is 0 Å². The van der Waals surface area contributed by atoms with Crippen molar-refractivity contribution in [3.8, 4) is 0 Å².